The topological polar surface area (TPSA) is 79.2 Å². The molecular formula is C26H31N4O3S+. The minimum Gasteiger partial charge on any atom is -0.493 e. The molecule has 1 amide bonds. The molecule has 0 aliphatic carbocycles. The summed E-state index contributed by atoms with van der Waals surface area (Å²) in [6.07, 6.45) is 3.94. The fourth-order valence-electron chi connectivity index (χ4n) is 4.34. The molecule has 4 rings (SSSR count). The molecule has 0 saturated heterocycles. The zero-order valence-electron chi connectivity index (χ0n) is 19.9. The molecule has 1 unspecified atom stereocenters. The van der Waals surface area contributed by atoms with Crippen LogP contribution in [-0.4, -0.2) is 28.3 Å². The number of thioether (sulfide) groups is 1. The minimum atomic E-state index is -0.646. The van der Waals surface area contributed by atoms with E-state index < -0.39 is 6.17 Å². The summed E-state index contributed by atoms with van der Waals surface area (Å²) in [5.74, 6) is 1.39. The minimum absolute atomic E-state index is 0.141. The number of unbranched alkanes of at least 4 members (excludes halogenated alkanes) is 3. The summed E-state index contributed by atoms with van der Waals surface area (Å²) in [5, 5.41) is 5.41. The van der Waals surface area contributed by atoms with E-state index in [0.29, 0.717) is 34.5 Å². The SMILES string of the molecule is CCCCCCSc1n[n+]2c(c(=O)[nH]1)-c1ccccc1N(C(C)=O)C2c1ccccc1OCC. The van der Waals surface area contributed by atoms with Gasteiger partial charge in [0.1, 0.15) is 5.75 Å². The molecule has 1 aliphatic heterocycles. The van der Waals surface area contributed by atoms with Gasteiger partial charge in [0.05, 0.1) is 23.4 Å². The Kier molecular flexibility index (Phi) is 7.67. The number of carbonyl (C=O) groups is 1. The van der Waals surface area contributed by atoms with Gasteiger partial charge in [0.15, 0.2) is 0 Å². The molecule has 0 saturated carbocycles. The molecule has 8 heteroatoms. The predicted molar refractivity (Wildman–Crippen MR) is 134 cm³/mol. The van der Waals surface area contributed by atoms with E-state index in [1.54, 1.807) is 9.58 Å². The van der Waals surface area contributed by atoms with Crippen LogP contribution in [0, 0.1) is 0 Å². The van der Waals surface area contributed by atoms with Crippen molar-refractivity contribution in [2.45, 2.75) is 57.8 Å². The largest absolute Gasteiger partial charge is 0.493 e. The van der Waals surface area contributed by atoms with E-state index in [1.165, 1.54) is 31.5 Å². The van der Waals surface area contributed by atoms with Gasteiger partial charge >= 0.3 is 11.3 Å². The van der Waals surface area contributed by atoms with Gasteiger partial charge in [-0.25, -0.2) is 4.90 Å². The number of ether oxygens (including phenoxy) is 1. The molecule has 34 heavy (non-hydrogen) atoms. The molecule has 0 fully saturated rings. The molecule has 178 valence electrons. The lowest BCUT2D eigenvalue weighted by Crippen LogP contribution is -2.60. The van der Waals surface area contributed by atoms with Gasteiger partial charge in [0.25, 0.3) is 6.17 Å². The average molecular weight is 480 g/mol. The average Bonchev–Trinajstić information content (AvgIpc) is 2.83. The van der Waals surface area contributed by atoms with Gasteiger partial charge in [-0.05, 0) is 42.3 Å². The molecule has 2 aromatic carbocycles. The molecule has 3 aromatic rings. The third-order valence-corrected chi connectivity index (χ3v) is 6.78. The number of fused-ring (bicyclic) bond motifs is 3. The maximum absolute atomic E-state index is 13.4. The molecule has 1 aromatic heterocycles. The normalized spacial score (nSPS) is 14.4. The van der Waals surface area contributed by atoms with Crippen LogP contribution in [0.4, 0.5) is 5.69 Å². The fourth-order valence-corrected chi connectivity index (χ4v) is 5.19. The third kappa shape index (κ3) is 4.73. The first kappa shape index (κ1) is 24.0. The van der Waals surface area contributed by atoms with Crippen molar-refractivity contribution in [1.29, 1.82) is 0 Å². The van der Waals surface area contributed by atoms with Crippen molar-refractivity contribution in [3.8, 4) is 17.0 Å². The van der Waals surface area contributed by atoms with Crippen LogP contribution in [0.2, 0.25) is 0 Å². The third-order valence-electron chi connectivity index (χ3n) is 5.83. The standard InChI is InChI=1S/C26H30N4O3S/c1-4-6-7-12-17-34-26-27-24(32)23-19-13-8-10-15-21(19)29(18(3)31)25(30(23)28-26)20-14-9-11-16-22(20)33-5-2/h8-11,13-16,25H,4-7,12,17H2,1-3H3/p+1. The van der Waals surface area contributed by atoms with Crippen molar-refractivity contribution in [1.82, 2.24) is 10.1 Å². The number of benzene rings is 2. The van der Waals surface area contributed by atoms with Crippen molar-refractivity contribution in [3.05, 3.63) is 64.4 Å². The molecule has 0 radical (unpaired) electrons. The molecule has 1 N–H and O–H groups in total. The second-order valence-corrected chi connectivity index (χ2v) is 9.30. The summed E-state index contributed by atoms with van der Waals surface area (Å²) in [6, 6.07) is 15.1. The van der Waals surface area contributed by atoms with E-state index >= 15 is 0 Å². The van der Waals surface area contributed by atoms with Crippen LogP contribution in [0.5, 0.6) is 5.75 Å². The van der Waals surface area contributed by atoms with Gasteiger partial charge in [-0.3, -0.25) is 14.6 Å². The number of carbonyl (C=O) groups excluding carboxylic acids is 1. The monoisotopic (exact) mass is 479 g/mol. The second kappa shape index (κ2) is 10.9. The molecule has 1 aliphatic rings. The van der Waals surface area contributed by atoms with Crippen molar-refractivity contribution in [3.63, 3.8) is 0 Å². The lowest BCUT2D eigenvalue weighted by Gasteiger charge is -2.31. The number of hydrogen-bond donors (Lipinski definition) is 1. The highest BCUT2D eigenvalue weighted by atomic mass is 32.2. The lowest BCUT2D eigenvalue weighted by atomic mass is 10.0. The van der Waals surface area contributed by atoms with Crippen LogP contribution in [0.25, 0.3) is 11.3 Å². The smallest absolute Gasteiger partial charge is 0.325 e. The Hall–Kier alpha value is -3.13. The zero-order chi connectivity index (χ0) is 24.1. The number of aromatic amines is 1. The van der Waals surface area contributed by atoms with Crippen LogP contribution < -0.4 is 19.9 Å². The molecule has 0 spiro atoms. The summed E-state index contributed by atoms with van der Waals surface area (Å²) < 4.78 is 7.60. The Labute approximate surface area is 204 Å². The van der Waals surface area contributed by atoms with E-state index in [9.17, 15) is 9.59 Å². The van der Waals surface area contributed by atoms with E-state index in [0.717, 1.165) is 24.2 Å². The Bertz CT molecular complexity index is 1230. The number of anilines is 1. The molecule has 2 heterocycles. The van der Waals surface area contributed by atoms with Crippen LogP contribution in [0.15, 0.2) is 58.5 Å². The van der Waals surface area contributed by atoms with Crippen molar-refractivity contribution >= 4 is 23.4 Å². The number of hydrogen-bond acceptors (Lipinski definition) is 5. The Balaban J connectivity index is 1.88. The quantitative estimate of drug-likeness (QED) is 0.273. The van der Waals surface area contributed by atoms with E-state index in [4.69, 9.17) is 9.84 Å². The molecule has 0 bridgehead atoms. The number of H-pyrrole nitrogens is 1. The second-order valence-electron chi connectivity index (χ2n) is 8.21. The summed E-state index contributed by atoms with van der Waals surface area (Å²) in [5.41, 5.74) is 2.34. The van der Waals surface area contributed by atoms with Gasteiger partial charge in [0, 0.05) is 17.8 Å². The first-order valence-corrected chi connectivity index (χ1v) is 12.8. The van der Waals surface area contributed by atoms with E-state index in [1.807, 2.05) is 55.5 Å². The Morgan fingerprint density at radius 2 is 1.88 bits per heavy atom. The number of amides is 1. The highest BCUT2D eigenvalue weighted by molar-refractivity contribution is 7.99. The Morgan fingerprint density at radius 1 is 1.12 bits per heavy atom. The maximum atomic E-state index is 13.4. The van der Waals surface area contributed by atoms with Gasteiger partial charge in [-0.1, -0.05) is 62.2 Å². The summed E-state index contributed by atoms with van der Waals surface area (Å²) in [7, 11) is 0. The van der Waals surface area contributed by atoms with Crippen LogP contribution >= 0.6 is 11.8 Å². The number of rotatable bonds is 9. The van der Waals surface area contributed by atoms with Gasteiger partial charge < -0.3 is 4.74 Å². The summed E-state index contributed by atoms with van der Waals surface area (Å²) in [4.78, 5) is 31.1. The molecule has 1 atom stereocenters. The van der Waals surface area contributed by atoms with E-state index in [2.05, 4.69) is 11.9 Å². The maximum Gasteiger partial charge on any atom is 0.325 e. The molecule has 7 nitrogen and oxygen atoms in total. The van der Waals surface area contributed by atoms with Crippen molar-refractivity contribution in [2.24, 2.45) is 0 Å². The van der Waals surface area contributed by atoms with Crippen molar-refractivity contribution < 1.29 is 14.2 Å². The van der Waals surface area contributed by atoms with E-state index in [-0.39, 0.29) is 11.5 Å². The highest BCUT2D eigenvalue weighted by Crippen LogP contribution is 2.39. The number of nitrogens with one attached hydrogen (secondary N) is 1. The van der Waals surface area contributed by atoms with Gasteiger partial charge in [0.2, 0.25) is 11.1 Å². The highest BCUT2D eigenvalue weighted by Gasteiger charge is 2.46. The first-order valence-electron chi connectivity index (χ1n) is 11.9. The summed E-state index contributed by atoms with van der Waals surface area (Å²) >= 11 is 1.54. The number of nitrogens with zero attached hydrogens (tertiary/aromatic N) is 3. The van der Waals surface area contributed by atoms with Crippen LogP contribution in [0.3, 0.4) is 0 Å². The molecular weight excluding hydrogens is 448 g/mol. The zero-order valence-corrected chi connectivity index (χ0v) is 20.7. The lowest BCUT2D eigenvalue weighted by molar-refractivity contribution is -0.763. The fraction of sp³-hybridized carbons (Fsp3) is 0.385. The van der Waals surface area contributed by atoms with Crippen LogP contribution in [-0.2, 0) is 4.79 Å². The number of para-hydroxylation sites is 2. The van der Waals surface area contributed by atoms with Gasteiger partial charge in [-0.15, -0.1) is 0 Å². The van der Waals surface area contributed by atoms with Crippen LogP contribution in [0.1, 0.15) is 58.2 Å². The predicted octanol–water partition coefficient (Wildman–Crippen LogP) is 4.71. The van der Waals surface area contributed by atoms with Crippen molar-refractivity contribution in [2.75, 3.05) is 17.3 Å². The van der Waals surface area contributed by atoms with Gasteiger partial charge in [-0.2, -0.15) is 0 Å². The first-order chi connectivity index (χ1) is 16.6. The Morgan fingerprint density at radius 3 is 2.65 bits per heavy atom. The summed E-state index contributed by atoms with van der Waals surface area (Å²) in [6.45, 7) is 6.13. The number of aromatic nitrogens is 3.